The summed E-state index contributed by atoms with van der Waals surface area (Å²) in [5.41, 5.74) is 3.98. The number of pyridine rings is 1. The highest BCUT2D eigenvalue weighted by molar-refractivity contribution is 6.07. The van der Waals surface area contributed by atoms with Gasteiger partial charge in [-0.2, -0.15) is 5.10 Å². The van der Waals surface area contributed by atoms with E-state index in [1.165, 1.54) is 7.11 Å². The maximum Gasteiger partial charge on any atom is 0.324 e. The first-order valence-corrected chi connectivity index (χ1v) is 15.3. The van der Waals surface area contributed by atoms with Gasteiger partial charge in [-0.1, -0.05) is 48.9 Å². The van der Waals surface area contributed by atoms with E-state index in [0.29, 0.717) is 41.9 Å². The molecule has 236 valence electrons. The summed E-state index contributed by atoms with van der Waals surface area (Å²) in [7, 11) is 1.49. The highest BCUT2D eigenvalue weighted by Crippen LogP contribution is 2.37. The number of urea groups is 1. The van der Waals surface area contributed by atoms with Crippen LogP contribution in [-0.4, -0.2) is 53.5 Å². The number of carbonyl (C=O) groups excluding carboxylic acids is 2. The molecule has 10 heteroatoms. The molecule has 2 amide bonds. The molecule has 2 aromatic heterocycles. The zero-order valence-corrected chi connectivity index (χ0v) is 26.2. The quantitative estimate of drug-likeness (QED) is 0.173. The number of aryl methyl sites for hydroxylation is 1. The van der Waals surface area contributed by atoms with Gasteiger partial charge in [0.15, 0.2) is 5.78 Å². The molecule has 10 nitrogen and oxygen atoms in total. The molecule has 6 rings (SSSR count). The summed E-state index contributed by atoms with van der Waals surface area (Å²) in [6, 6.07) is 24.4. The van der Waals surface area contributed by atoms with Gasteiger partial charge in [-0.15, -0.1) is 0 Å². The Bertz CT molecular complexity index is 1860. The monoisotopic (exact) mass is 619 g/mol. The summed E-state index contributed by atoms with van der Waals surface area (Å²) in [4.78, 5) is 29.8. The second-order valence-corrected chi connectivity index (χ2v) is 11.8. The molecule has 0 aliphatic carbocycles. The highest BCUT2D eigenvalue weighted by atomic mass is 16.5. The molecule has 3 heterocycles. The van der Waals surface area contributed by atoms with Crippen LogP contribution in [0.5, 0.6) is 11.5 Å². The Hall–Kier alpha value is -5.06. The van der Waals surface area contributed by atoms with E-state index in [9.17, 15) is 9.59 Å². The normalized spacial score (nSPS) is 14.2. The van der Waals surface area contributed by atoms with E-state index < -0.39 is 6.03 Å². The molecular weight excluding hydrogens is 582 g/mol. The number of hydrogen-bond donors (Lipinski definition) is 2. The van der Waals surface area contributed by atoms with Crippen LogP contribution in [0.2, 0.25) is 0 Å². The Morgan fingerprint density at radius 3 is 2.48 bits per heavy atom. The van der Waals surface area contributed by atoms with Crippen molar-refractivity contribution in [1.29, 1.82) is 0 Å². The fourth-order valence-corrected chi connectivity index (χ4v) is 5.62. The van der Waals surface area contributed by atoms with Crippen LogP contribution in [0.4, 0.5) is 16.3 Å². The number of nitrogens with zero attached hydrogens (tertiary/aromatic N) is 3. The Morgan fingerprint density at radius 2 is 1.72 bits per heavy atom. The third-order valence-electron chi connectivity index (χ3n) is 8.28. The summed E-state index contributed by atoms with van der Waals surface area (Å²) in [6.45, 7) is 5.63. The summed E-state index contributed by atoms with van der Waals surface area (Å²) in [5, 5.41) is 12.7. The van der Waals surface area contributed by atoms with Gasteiger partial charge in [0.2, 0.25) is 0 Å². The first-order chi connectivity index (χ1) is 22.3. The molecule has 1 aliphatic rings. The van der Waals surface area contributed by atoms with E-state index in [1.54, 1.807) is 23.0 Å². The number of anilines is 2. The molecule has 0 radical (unpaired) electrons. The van der Waals surface area contributed by atoms with Crippen molar-refractivity contribution in [2.45, 2.75) is 38.5 Å². The Kier molecular flexibility index (Phi) is 9.09. The molecule has 0 unspecified atom stereocenters. The highest BCUT2D eigenvalue weighted by Gasteiger charge is 2.33. The molecule has 2 N–H and O–H groups in total. The summed E-state index contributed by atoms with van der Waals surface area (Å²) >= 11 is 0. The maximum atomic E-state index is 13.5. The van der Waals surface area contributed by atoms with Gasteiger partial charge in [0.25, 0.3) is 0 Å². The number of methoxy groups -OCH3 is 1. The van der Waals surface area contributed by atoms with Crippen molar-refractivity contribution in [3.05, 3.63) is 102 Å². The Balaban J connectivity index is 1.24. The summed E-state index contributed by atoms with van der Waals surface area (Å²) in [6.07, 6.45) is 3.48. The standard InChI is InChI=1S/C36H37N5O5/c1-24-8-10-26(11-9-24)41-34(22-33(40-41)36(2)15-18-45-19-16-36)39-35(43)38-31-12-13-32(30-7-5-4-6-29(30)31)46-28-14-17-37-25(21-28)20-27(42)23-44-3/h4-14,17,21-22H,15-16,18-20,23H2,1-3H3,(H2,38,39,43). The number of nitrogens with one attached hydrogen (secondary N) is 2. The molecule has 0 atom stereocenters. The smallest absolute Gasteiger partial charge is 0.324 e. The van der Waals surface area contributed by atoms with Gasteiger partial charge in [0.05, 0.1) is 29.2 Å². The second kappa shape index (κ2) is 13.5. The lowest BCUT2D eigenvalue weighted by Crippen LogP contribution is -2.31. The van der Waals surface area contributed by atoms with Crippen LogP contribution in [-0.2, 0) is 26.1 Å². The number of aromatic nitrogens is 3. The van der Waals surface area contributed by atoms with Crippen molar-refractivity contribution in [3.63, 3.8) is 0 Å². The van der Waals surface area contributed by atoms with Crippen LogP contribution in [0.25, 0.3) is 16.5 Å². The summed E-state index contributed by atoms with van der Waals surface area (Å²) in [5.74, 6) is 1.67. The Morgan fingerprint density at radius 1 is 0.957 bits per heavy atom. The van der Waals surface area contributed by atoms with Crippen molar-refractivity contribution < 1.29 is 23.8 Å². The molecule has 1 saturated heterocycles. The van der Waals surface area contributed by atoms with E-state index >= 15 is 0 Å². The van der Waals surface area contributed by atoms with Gasteiger partial charge >= 0.3 is 6.03 Å². The minimum atomic E-state index is -0.393. The number of carbonyl (C=O) groups is 2. The Labute approximate surface area is 267 Å². The second-order valence-electron chi connectivity index (χ2n) is 11.8. The van der Waals surface area contributed by atoms with Crippen molar-refractivity contribution in [2.24, 2.45) is 0 Å². The van der Waals surface area contributed by atoms with Crippen molar-refractivity contribution in [3.8, 4) is 17.2 Å². The van der Waals surface area contributed by atoms with Crippen LogP contribution in [0.15, 0.2) is 85.1 Å². The number of Topliss-reactive ketones (excluding diaryl/α,β-unsaturated/α-hetero) is 1. The predicted octanol–water partition coefficient (Wildman–Crippen LogP) is 6.99. The SMILES string of the molecule is COCC(=O)Cc1cc(Oc2ccc(NC(=O)Nc3cc(C4(C)CCOCC4)nn3-c3ccc(C)cc3)c3ccccc23)ccn1. The van der Waals surface area contributed by atoms with E-state index in [1.807, 2.05) is 73.7 Å². The number of ether oxygens (including phenoxy) is 3. The predicted molar refractivity (Wildman–Crippen MR) is 177 cm³/mol. The van der Waals surface area contributed by atoms with Gasteiger partial charge in [0, 0.05) is 54.8 Å². The van der Waals surface area contributed by atoms with Gasteiger partial charge in [-0.25, -0.2) is 9.48 Å². The van der Waals surface area contributed by atoms with Crippen LogP contribution in [0.1, 0.15) is 36.7 Å². The average Bonchev–Trinajstić information content (AvgIpc) is 3.48. The maximum absolute atomic E-state index is 13.5. The lowest BCUT2D eigenvalue weighted by Gasteiger charge is -2.31. The number of amides is 2. The molecule has 3 aromatic carbocycles. The molecule has 46 heavy (non-hydrogen) atoms. The van der Waals surface area contributed by atoms with Gasteiger partial charge in [-0.05, 0) is 50.1 Å². The molecular formula is C36H37N5O5. The van der Waals surface area contributed by atoms with Crippen molar-refractivity contribution in [1.82, 2.24) is 14.8 Å². The molecule has 0 bridgehead atoms. The third-order valence-corrected chi connectivity index (χ3v) is 8.28. The van der Waals surface area contributed by atoms with E-state index in [4.69, 9.17) is 19.3 Å². The van der Waals surface area contributed by atoms with Crippen molar-refractivity contribution in [2.75, 3.05) is 37.6 Å². The van der Waals surface area contributed by atoms with Gasteiger partial charge in [0.1, 0.15) is 23.9 Å². The first-order valence-electron chi connectivity index (χ1n) is 15.3. The van der Waals surface area contributed by atoms with Crippen LogP contribution in [0, 0.1) is 6.92 Å². The number of benzene rings is 3. The zero-order valence-electron chi connectivity index (χ0n) is 26.2. The molecule has 1 fully saturated rings. The lowest BCUT2D eigenvalue weighted by molar-refractivity contribution is -0.122. The molecule has 5 aromatic rings. The molecule has 1 aliphatic heterocycles. The van der Waals surface area contributed by atoms with Gasteiger partial charge < -0.3 is 19.5 Å². The molecule has 0 saturated carbocycles. The van der Waals surface area contributed by atoms with Gasteiger partial charge in [-0.3, -0.25) is 15.1 Å². The number of fused-ring (bicyclic) bond motifs is 1. The number of ketones is 1. The fraction of sp³-hybridized carbons (Fsp3) is 0.278. The fourth-order valence-electron chi connectivity index (χ4n) is 5.62. The van der Waals surface area contributed by atoms with E-state index in [-0.39, 0.29) is 24.2 Å². The van der Waals surface area contributed by atoms with E-state index in [2.05, 4.69) is 22.5 Å². The first kappa shape index (κ1) is 30.9. The number of rotatable bonds is 10. The van der Waals surface area contributed by atoms with Crippen LogP contribution < -0.4 is 15.4 Å². The lowest BCUT2D eigenvalue weighted by atomic mass is 9.79. The zero-order chi connectivity index (χ0) is 32.1. The minimum absolute atomic E-state index is 0.0315. The average molecular weight is 620 g/mol. The van der Waals surface area contributed by atoms with Crippen molar-refractivity contribution >= 4 is 34.1 Å². The largest absolute Gasteiger partial charge is 0.457 e. The third kappa shape index (κ3) is 6.93. The minimum Gasteiger partial charge on any atom is -0.457 e. The van der Waals surface area contributed by atoms with Crippen LogP contribution >= 0.6 is 0 Å². The summed E-state index contributed by atoms with van der Waals surface area (Å²) < 4.78 is 18.6. The topological polar surface area (TPSA) is 117 Å². The van der Waals surface area contributed by atoms with Crippen LogP contribution in [0.3, 0.4) is 0 Å². The van der Waals surface area contributed by atoms with E-state index in [0.717, 1.165) is 40.6 Å². The number of hydrogen-bond acceptors (Lipinski definition) is 7. The molecule has 0 spiro atoms.